The van der Waals surface area contributed by atoms with Gasteiger partial charge in [0.25, 0.3) is 0 Å². The molecule has 0 saturated carbocycles. The summed E-state index contributed by atoms with van der Waals surface area (Å²) >= 11 is 0. The van der Waals surface area contributed by atoms with Gasteiger partial charge >= 0.3 is 5.97 Å². The van der Waals surface area contributed by atoms with Crippen molar-refractivity contribution < 1.29 is 24.5 Å². The molecule has 81 heavy (non-hydrogen) atoms. The second kappa shape index (κ2) is 70.6. The van der Waals surface area contributed by atoms with Crippen LogP contribution in [0.5, 0.6) is 0 Å². The second-order valence-corrected chi connectivity index (χ2v) is 25.3. The van der Waals surface area contributed by atoms with Crippen LogP contribution in [0.1, 0.15) is 406 Å². The zero-order valence-electron chi connectivity index (χ0n) is 54.8. The lowest BCUT2D eigenvalue weighted by Crippen LogP contribution is -2.45. The molecule has 0 aliphatic rings. The number of rotatable bonds is 69. The first-order valence-corrected chi connectivity index (χ1v) is 36.8. The maximum atomic E-state index is 12.5. The third-order valence-electron chi connectivity index (χ3n) is 17.1. The highest BCUT2D eigenvalue weighted by molar-refractivity contribution is 5.76. The molecule has 2 atom stereocenters. The predicted octanol–water partition coefficient (Wildman–Crippen LogP) is 23.9. The van der Waals surface area contributed by atoms with E-state index in [4.69, 9.17) is 4.74 Å². The lowest BCUT2D eigenvalue weighted by atomic mass is 10.0. The van der Waals surface area contributed by atoms with Gasteiger partial charge in [-0.2, -0.15) is 0 Å². The molecule has 6 nitrogen and oxygen atoms in total. The topological polar surface area (TPSA) is 95.9 Å². The molecule has 3 N–H and O–H groups in total. The number of nitrogens with one attached hydrogen (secondary N) is 1. The number of carbonyl (C=O) groups is 2. The minimum Gasteiger partial charge on any atom is -0.466 e. The number of aliphatic hydroxyl groups is 2. The van der Waals surface area contributed by atoms with Crippen LogP contribution in [0.25, 0.3) is 0 Å². The van der Waals surface area contributed by atoms with E-state index in [1.54, 1.807) is 6.08 Å². The SMILES string of the molecule is CCCCCCCCC/C=C\CCCCCCCCCC(=O)OCCCCCCCCCCCCC/C=C\CCCCCCCCCC(=O)NC(CO)C(O)/C=C/CCCCCCCCCCCCCCCCCCCCCCCC. The minimum atomic E-state index is -0.851. The fraction of sp³-hybridized carbons (Fsp3) is 0.893. The number of amides is 1. The highest BCUT2D eigenvalue weighted by Crippen LogP contribution is 2.19. The van der Waals surface area contributed by atoms with Crippen LogP contribution in [-0.2, 0) is 14.3 Å². The van der Waals surface area contributed by atoms with Crippen molar-refractivity contribution in [3.05, 3.63) is 36.5 Å². The quantitative estimate of drug-likeness (QED) is 0.0320. The van der Waals surface area contributed by atoms with E-state index in [1.165, 1.54) is 327 Å². The third kappa shape index (κ3) is 67.1. The summed E-state index contributed by atoms with van der Waals surface area (Å²) in [6.45, 7) is 4.93. The molecule has 0 bridgehead atoms. The first-order chi connectivity index (χ1) is 40.0. The van der Waals surface area contributed by atoms with Crippen LogP contribution in [0.3, 0.4) is 0 Å². The summed E-state index contributed by atoms with van der Waals surface area (Å²) in [5.41, 5.74) is 0. The molecule has 6 heteroatoms. The lowest BCUT2D eigenvalue weighted by molar-refractivity contribution is -0.143. The first kappa shape index (κ1) is 79.1. The molecular weight excluding hydrogens is 995 g/mol. The number of esters is 1. The molecule has 0 rings (SSSR count). The summed E-state index contributed by atoms with van der Waals surface area (Å²) in [5.74, 6) is -0.0637. The van der Waals surface area contributed by atoms with Crippen molar-refractivity contribution in [3.8, 4) is 0 Å². The van der Waals surface area contributed by atoms with Crippen molar-refractivity contribution in [3.63, 3.8) is 0 Å². The Labute approximate surface area is 506 Å². The van der Waals surface area contributed by atoms with Crippen LogP contribution >= 0.6 is 0 Å². The predicted molar refractivity (Wildman–Crippen MR) is 356 cm³/mol. The van der Waals surface area contributed by atoms with E-state index in [9.17, 15) is 19.8 Å². The lowest BCUT2D eigenvalue weighted by Gasteiger charge is -2.20. The van der Waals surface area contributed by atoms with E-state index >= 15 is 0 Å². The molecule has 0 aromatic carbocycles. The summed E-state index contributed by atoms with van der Waals surface area (Å²) < 4.78 is 5.50. The number of unbranched alkanes of at least 4 members (excludes halogenated alkanes) is 54. The third-order valence-corrected chi connectivity index (χ3v) is 17.1. The fourth-order valence-electron chi connectivity index (χ4n) is 11.5. The summed E-state index contributed by atoms with van der Waals surface area (Å²) in [5, 5.41) is 23.3. The van der Waals surface area contributed by atoms with Gasteiger partial charge in [0.05, 0.1) is 25.4 Å². The molecule has 1 amide bonds. The number of hydrogen-bond donors (Lipinski definition) is 3. The van der Waals surface area contributed by atoms with Crippen molar-refractivity contribution >= 4 is 11.9 Å². The summed E-state index contributed by atoms with van der Waals surface area (Å²) in [6, 6.07) is -0.635. The Morgan fingerprint density at radius 3 is 0.877 bits per heavy atom. The molecule has 478 valence electrons. The Morgan fingerprint density at radius 1 is 0.333 bits per heavy atom. The Hall–Kier alpha value is -1.92. The average molecular weight is 1140 g/mol. The van der Waals surface area contributed by atoms with Gasteiger partial charge in [0.15, 0.2) is 0 Å². The first-order valence-electron chi connectivity index (χ1n) is 36.8. The van der Waals surface area contributed by atoms with Gasteiger partial charge in [-0.15, -0.1) is 0 Å². The minimum absolute atomic E-state index is 0.00726. The zero-order chi connectivity index (χ0) is 58.5. The van der Waals surface area contributed by atoms with E-state index in [2.05, 4.69) is 43.5 Å². The monoisotopic (exact) mass is 1140 g/mol. The van der Waals surface area contributed by atoms with Crippen LogP contribution < -0.4 is 5.32 Å². The van der Waals surface area contributed by atoms with Crippen molar-refractivity contribution in [2.75, 3.05) is 13.2 Å². The average Bonchev–Trinajstić information content (AvgIpc) is 3.47. The Morgan fingerprint density at radius 2 is 0.580 bits per heavy atom. The maximum Gasteiger partial charge on any atom is 0.305 e. The van der Waals surface area contributed by atoms with Crippen molar-refractivity contribution in [1.29, 1.82) is 0 Å². The van der Waals surface area contributed by atoms with E-state index in [0.29, 0.717) is 19.4 Å². The van der Waals surface area contributed by atoms with E-state index in [1.807, 2.05) is 6.08 Å². The molecule has 0 aromatic rings. The van der Waals surface area contributed by atoms with Gasteiger partial charge in [-0.1, -0.05) is 346 Å². The molecule has 0 aliphatic carbocycles. The molecule has 0 fully saturated rings. The zero-order valence-corrected chi connectivity index (χ0v) is 54.8. The molecule has 0 aromatic heterocycles. The van der Waals surface area contributed by atoms with Gasteiger partial charge in [-0.25, -0.2) is 0 Å². The van der Waals surface area contributed by atoms with Gasteiger partial charge < -0.3 is 20.3 Å². The van der Waals surface area contributed by atoms with Crippen molar-refractivity contribution in [2.45, 2.75) is 418 Å². The largest absolute Gasteiger partial charge is 0.466 e. The van der Waals surface area contributed by atoms with Crippen LogP contribution in [0.15, 0.2) is 36.5 Å². The van der Waals surface area contributed by atoms with Crippen molar-refractivity contribution in [1.82, 2.24) is 5.32 Å². The Balaban J connectivity index is 3.43. The standard InChI is InChI=1S/C75H143NO5/c1-3-5-7-9-11-13-15-17-19-21-23-24-25-26-29-32-35-39-43-47-51-55-59-63-67-73(78)72(71-77)76-74(79)68-64-60-56-52-48-44-40-36-33-30-27-28-31-34-38-42-46-50-54-58-62-66-70-81-75(80)69-65-61-57-53-49-45-41-37-22-20-18-16-14-12-10-8-6-4-2/h20,22,30,33,63,67,72-73,77-78H,3-19,21,23-29,31-32,34-62,64-66,68-71H2,1-2H3,(H,76,79)/b22-20-,33-30-,67-63+. The fourth-order valence-corrected chi connectivity index (χ4v) is 11.5. The Kier molecular flexibility index (Phi) is 68.9. The highest BCUT2D eigenvalue weighted by atomic mass is 16.5. The van der Waals surface area contributed by atoms with Crippen LogP contribution in [-0.4, -0.2) is 47.4 Å². The number of hydrogen-bond acceptors (Lipinski definition) is 5. The van der Waals surface area contributed by atoms with Crippen LogP contribution in [0.2, 0.25) is 0 Å². The Bertz CT molecular complexity index is 1310. The van der Waals surface area contributed by atoms with Gasteiger partial charge in [-0.3, -0.25) is 9.59 Å². The van der Waals surface area contributed by atoms with Crippen LogP contribution in [0, 0.1) is 0 Å². The molecule has 0 saturated heterocycles. The van der Waals surface area contributed by atoms with E-state index < -0.39 is 12.1 Å². The summed E-state index contributed by atoms with van der Waals surface area (Å²) in [4.78, 5) is 24.6. The normalized spacial score (nSPS) is 12.7. The number of ether oxygens (including phenoxy) is 1. The molecule has 2 unspecified atom stereocenters. The van der Waals surface area contributed by atoms with Crippen molar-refractivity contribution in [2.24, 2.45) is 0 Å². The molecule has 0 radical (unpaired) electrons. The second-order valence-electron chi connectivity index (χ2n) is 25.3. The van der Waals surface area contributed by atoms with Gasteiger partial charge in [0.2, 0.25) is 5.91 Å². The van der Waals surface area contributed by atoms with Gasteiger partial charge in [-0.05, 0) is 83.5 Å². The molecular formula is C75H143NO5. The number of allylic oxidation sites excluding steroid dienone is 5. The molecule has 0 aliphatic heterocycles. The highest BCUT2D eigenvalue weighted by Gasteiger charge is 2.18. The smallest absolute Gasteiger partial charge is 0.305 e. The molecule has 0 spiro atoms. The van der Waals surface area contributed by atoms with Crippen LogP contribution in [0.4, 0.5) is 0 Å². The summed E-state index contributed by atoms with van der Waals surface area (Å²) in [7, 11) is 0. The number of carbonyl (C=O) groups excluding carboxylic acids is 2. The van der Waals surface area contributed by atoms with Gasteiger partial charge in [0, 0.05) is 12.8 Å². The number of aliphatic hydroxyl groups excluding tert-OH is 2. The maximum absolute atomic E-state index is 12.5. The van der Waals surface area contributed by atoms with Gasteiger partial charge in [0.1, 0.15) is 0 Å². The van der Waals surface area contributed by atoms with E-state index in [0.717, 1.165) is 51.4 Å². The van der Waals surface area contributed by atoms with E-state index in [-0.39, 0.29) is 18.5 Å². The molecule has 0 heterocycles. The summed E-state index contributed by atoms with van der Waals surface area (Å²) in [6.07, 6.45) is 90.8.